The SMILES string of the molecule is CCCNc1ccc(Cl)c(C(=O)N2CCCC(C)C2C)n1. The third-order valence-corrected chi connectivity index (χ3v) is 4.54. The van der Waals surface area contributed by atoms with Crippen molar-refractivity contribution in [3.05, 3.63) is 22.8 Å². The molecule has 1 fully saturated rings. The molecule has 21 heavy (non-hydrogen) atoms. The van der Waals surface area contributed by atoms with Crippen molar-refractivity contribution in [3.63, 3.8) is 0 Å². The van der Waals surface area contributed by atoms with E-state index in [1.165, 1.54) is 6.42 Å². The maximum Gasteiger partial charge on any atom is 0.274 e. The zero-order valence-corrected chi connectivity index (χ0v) is 13.8. The number of halogens is 1. The number of aromatic nitrogens is 1. The number of amides is 1. The maximum absolute atomic E-state index is 12.8. The Morgan fingerprint density at radius 2 is 2.24 bits per heavy atom. The van der Waals surface area contributed by atoms with Crippen LogP contribution in [0.15, 0.2) is 12.1 Å². The summed E-state index contributed by atoms with van der Waals surface area (Å²) in [7, 11) is 0. The predicted molar refractivity (Wildman–Crippen MR) is 86.9 cm³/mol. The Morgan fingerprint density at radius 3 is 2.95 bits per heavy atom. The first kappa shape index (κ1) is 16.1. The van der Waals surface area contributed by atoms with E-state index in [0.29, 0.717) is 22.5 Å². The van der Waals surface area contributed by atoms with E-state index in [0.717, 1.165) is 25.9 Å². The van der Waals surface area contributed by atoms with Gasteiger partial charge in [-0.1, -0.05) is 25.4 Å². The average molecular weight is 310 g/mol. The molecule has 1 aliphatic rings. The van der Waals surface area contributed by atoms with Crippen LogP contribution in [-0.2, 0) is 0 Å². The van der Waals surface area contributed by atoms with Gasteiger partial charge in [0, 0.05) is 19.1 Å². The van der Waals surface area contributed by atoms with Gasteiger partial charge < -0.3 is 10.2 Å². The lowest BCUT2D eigenvalue weighted by atomic mass is 9.92. The number of carbonyl (C=O) groups is 1. The number of pyridine rings is 1. The van der Waals surface area contributed by atoms with Crippen LogP contribution in [0.5, 0.6) is 0 Å². The molecule has 1 amide bonds. The number of hydrogen-bond acceptors (Lipinski definition) is 3. The summed E-state index contributed by atoms with van der Waals surface area (Å²) in [4.78, 5) is 19.1. The van der Waals surface area contributed by atoms with Crippen molar-refractivity contribution < 1.29 is 4.79 Å². The van der Waals surface area contributed by atoms with Crippen LogP contribution in [0.1, 0.15) is 50.5 Å². The molecule has 2 heterocycles. The number of hydrogen-bond donors (Lipinski definition) is 1. The molecule has 5 heteroatoms. The van der Waals surface area contributed by atoms with E-state index in [1.807, 2.05) is 11.0 Å². The van der Waals surface area contributed by atoms with E-state index in [4.69, 9.17) is 11.6 Å². The molecule has 1 saturated heterocycles. The summed E-state index contributed by atoms with van der Waals surface area (Å²) in [6.07, 6.45) is 3.22. The van der Waals surface area contributed by atoms with Gasteiger partial charge in [-0.05, 0) is 44.2 Å². The molecular formula is C16H24ClN3O. The van der Waals surface area contributed by atoms with Crippen molar-refractivity contribution in [3.8, 4) is 0 Å². The molecule has 0 bridgehead atoms. The van der Waals surface area contributed by atoms with E-state index >= 15 is 0 Å². The number of anilines is 1. The van der Waals surface area contributed by atoms with Crippen LogP contribution in [0.2, 0.25) is 5.02 Å². The van der Waals surface area contributed by atoms with Crippen molar-refractivity contribution in [2.45, 2.75) is 46.1 Å². The Balaban J connectivity index is 2.21. The summed E-state index contributed by atoms with van der Waals surface area (Å²) in [5.41, 5.74) is 0.360. The van der Waals surface area contributed by atoms with Gasteiger partial charge in [0.05, 0.1) is 5.02 Å². The molecule has 0 radical (unpaired) electrons. The van der Waals surface area contributed by atoms with Crippen LogP contribution < -0.4 is 5.32 Å². The minimum absolute atomic E-state index is 0.0563. The summed E-state index contributed by atoms with van der Waals surface area (Å²) in [5.74, 6) is 1.17. The quantitative estimate of drug-likeness (QED) is 0.919. The van der Waals surface area contributed by atoms with Crippen molar-refractivity contribution in [2.75, 3.05) is 18.4 Å². The molecule has 1 aromatic rings. The second-order valence-electron chi connectivity index (χ2n) is 5.81. The Hall–Kier alpha value is -1.29. The smallest absolute Gasteiger partial charge is 0.274 e. The molecule has 0 spiro atoms. The summed E-state index contributed by atoms with van der Waals surface area (Å²) in [5, 5.41) is 3.62. The second kappa shape index (κ2) is 7.12. The number of rotatable bonds is 4. The number of likely N-dealkylation sites (tertiary alicyclic amines) is 1. The van der Waals surface area contributed by atoms with Crippen LogP contribution in [-0.4, -0.2) is 34.9 Å². The molecule has 116 valence electrons. The lowest BCUT2D eigenvalue weighted by Gasteiger charge is -2.37. The monoisotopic (exact) mass is 309 g/mol. The highest BCUT2D eigenvalue weighted by Crippen LogP contribution is 2.26. The van der Waals surface area contributed by atoms with E-state index in [9.17, 15) is 4.79 Å². The zero-order chi connectivity index (χ0) is 15.4. The number of nitrogens with zero attached hydrogens (tertiary/aromatic N) is 2. The maximum atomic E-state index is 12.8. The highest BCUT2D eigenvalue weighted by molar-refractivity contribution is 6.33. The largest absolute Gasteiger partial charge is 0.370 e. The van der Waals surface area contributed by atoms with Crippen molar-refractivity contribution in [1.82, 2.24) is 9.88 Å². The van der Waals surface area contributed by atoms with Gasteiger partial charge in [0.2, 0.25) is 0 Å². The van der Waals surface area contributed by atoms with Gasteiger partial charge in [-0.15, -0.1) is 0 Å². The highest BCUT2D eigenvalue weighted by atomic mass is 35.5. The van der Waals surface area contributed by atoms with Crippen LogP contribution in [0, 0.1) is 5.92 Å². The molecule has 4 nitrogen and oxygen atoms in total. The van der Waals surface area contributed by atoms with Crippen molar-refractivity contribution >= 4 is 23.3 Å². The summed E-state index contributed by atoms with van der Waals surface area (Å²) in [6.45, 7) is 8.01. The van der Waals surface area contributed by atoms with Gasteiger partial charge in [-0.3, -0.25) is 4.79 Å². The number of piperidine rings is 1. The first-order valence-corrected chi connectivity index (χ1v) is 8.13. The molecule has 0 aliphatic carbocycles. The molecule has 0 saturated carbocycles. The molecule has 2 atom stereocenters. The lowest BCUT2D eigenvalue weighted by Crippen LogP contribution is -2.46. The van der Waals surface area contributed by atoms with E-state index in [2.05, 4.69) is 31.1 Å². The Kier molecular flexibility index (Phi) is 5.45. The number of nitrogens with one attached hydrogen (secondary N) is 1. The minimum Gasteiger partial charge on any atom is -0.370 e. The molecule has 1 aliphatic heterocycles. The Bertz CT molecular complexity index is 506. The zero-order valence-electron chi connectivity index (χ0n) is 13.0. The topological polar surface area (TPSA) is 45.2 Å². The van der Waals surface area contributed by atoms with Crippen LogP contribution in [0.4, 0.5) is 5.82 Å². The van der Waals surface area contributed by atoms with Gasteiger partial charge in [0.25, 0.3) is 5.91 Å². The summed E-state index contributed by atoms with van der Waals surface area (Å²) < 4.78 is 0. The van der Waals surface area contributed by atoms with Crippen LogP contribution >= 0.6 is 11.6 Å². The minimum atomic E-state index is -0.0563. The fraction of sp³-hybridized carbons (Fsp3) is 0.625. The Labute approximate surface area is 131 Å². The van der Waals surface area contributed by atoms with Gasteiger partial charge >= 0.3 is 0 Å². The van der Waals surface area contributed by atoms with Crippen molar-refractivity contribution in [2.24, 2.45) is 5.92 Å². The van der Waals surface area contributed by atoms with Crippen molar-refractivity contribution in [1.29, 1.82) is 0 Å². The van der Waals surface area contributed by atoms with Gasteiger partial charge in [0.15, 0.2) is 0 Å². The van der Waals surface area contributed by atoms with Crippen LogP contribution in [0.3, 0.4) is 0 Å². The van der Waals surface area contributed by atoms with E-state index in [-0.39, 0.29) is 11.9 Å². The predicted octanol–water partition coefficient (Wildman–Crippen LogP) is 3.82. The Morgan fingerprint density at radius 1 is 1.48 bits per heavy atom. The molecule has 0 aromatic carbocycles. The third kappa shape index (κ3) is 3.67. The standard InChI is InChI=1S/C16H24ClN3O/c1-4-9-18-14-8-7-13(17)15(19-14)16(21)20-10-5-6-11(2)12(20)3/h7-8,11-12H,4-6,9-10H2,1-3H3,(H,18,19). The molecular weight excluding hydrogens is 286 g/mol. The fourth-order valence-electron chi connectivity index (χ4n) is 2.70. The molecule has 2 unspecified atom stereocenters. The van der Waals surface area contributed by atoms with Crippen LogP contribution in [0.25, 0.3) is 0 Å². The second-order valence-corrected chi connectivity index (χ2v) is 6.22. The summed E-state index contributed by atoms with van der Waals surface area (Å²) >= 11 is 6.19. The molecule has 2 rings (SSSR count). The van der Waals surface area contributed by atoms with Gasteiger partial charge in [0.1, 0.15) is 11.5 Å². The third-order valence-electron chi connectivity index (χ3n) is 4.24. The summed E-state index contributed by atoms with van der Waals surface area (Å²) in [6, 6.07) is 3.80. The molecule has 1 aromatic heterocycles. The van der Waals surface area contributed by atoms with E-state index in [1.54, 1.807) is 6.07 Å². The molecule has 1 N–H and O–H groups in total. The first-order valence-electron chi connectivity index (χ1n) is 7.76. The average Bonchev–Trinajstić information content (AvgIpc) is 2.48. The van der Waals surface area contributed by atoms with Gasteiger partial charge in [-0.2, -0.15) is 0 Å². The normalized spacial score (nSPS) is 22.2. The lowest BCUT2D eigenvalue weighted by molar-refractivity contribution is 0.0545. The first-order chi connectivity index (χ1) is 10.0. The number of carbonyl (C=O) groups excluding carboxylic acids is 1. The highest BCUT2D eigenvalue weighted by Gasteiger charge is 2.30. The van der Waals surface area contributed by atoms with Gasteiger partial charge in [-0.25, -0.2) is 4.98 Å². The fourth-order valence-corrected chi connectivity index (χ4v) is 2.89. The van der Waals surface area contributed by atoms with E-state index < -0.39 is 0 Å².